The van der Waals surface area contributed by atoms with Gasteiger partial charge in [0.15, 0.2) is 11.6 Å². The average molecular weight is 311 g/mol. The Labute approximate surface area is 132 Å². The van der Waals surface area contributed by atoms with E-state index in [9.17, 15) is 18.8 Å². The Balaban J connectivity index is 2.15. The van der Waals surface area contributed by atoms with E-state index in [-0.39, 0.29) is 16.9 Å². The number of allylic oxidation sites excluding steroid dienone is 1. The number of nitrogens with two attached hydrogens (primary N) is 1. The molecule has 2 N–H and O–H groups in total. The van der Waals surface area contributed by atoms with Crippen LogP contribution < -0.4 is 5.73 Å². The second-order valence-electron chi connectivity index (χ2n) is 4.87. The van der Waals surface area contributed by atoms with Crippen LogP contribution in [0, 0.1) is 5.82 Å². The minimum Gasteiger partial charge on any atom is -0.369 e. The third-order valence-electron chi connectivity index (χ3n) is 3.13. The predicted octanol–water partition coefficient (Wildman–Crippen LogP) is 2.78. The zero-order valence-electron chi connectivity index (χ0n) is 12.2. The molecule has 0 aliphatic rings. The summed E-state index contributed by atoms with van der Waals surface area (Å²) in [4.78, 5) is 34.2. The SMILES string of the molecule is NC(=O)CC(=O)c1ccc(C=CC(=O)c2ccccc2)c(F)c1. The van der Waals surface area contributed by atoms with E-state index in [2.05, 4.69) is 0 Å². The van der Waals surface area contributed by atoms with Crippen LogP contribution in [0.15, 0.2) is 54.6 Å². The maximum Gasteiger partial charge on any atom is 0.225 e. The van der Waals surface area contributed by atoms with Crippen molar-refractivity contribution in [3.05, 3.63) is 77.1 Å². The third-order valence-corrected chi connectivity index (χ3v) is 3.13. The second kappa shape index (κ2) is 7.26. The summed E-state index contributed by atoms with van der Waals surface area (Å²) >= 11 is 0. The number of ketones is 2. The Bertz CT molecular complexity index is 782. The highest BCUT2D eigenvalue weighted by Gasteiger charge is 2.11. The van der Waals surface area contributed by atoms with Crippen LogP contribution in [0.1, 0.15) is 32.7 Å². The first kappa shape index (κ1) is 16.3. The van der Waals surface area contributed by atoms with Gasteiger partial charge in [0.05, 0.1) is 6.42 Å². The summed E-state index contributed by atoms with van der Waals surface area (Å²) in [5, 5.41) is 0. The fourth-order valence-corrected chi connectivity index (χ4v) is 1.96. The van der Waals surface area contributed by atoms with Gasteiger partial charge in [0.1, 0.15) is 5.82 Å². The number of rotatable bonds is 6. The van der Waals surface area contributed by atoms with E-state index in [0.717, 1.165) is 6.07 Å². The Morgan fingerprint density at radius 3 is 2.30 bits per heavy atom. The molecular formula is C18H14FNO3. The normalized spacial score (nSPS) is 10.7. The molecule has 0 aliphatic carbocycles. The molecule has 0 atom stereocenters. The zero-order valence-corrected chi connectivity index (χ0v) is 12.2. The minimum atomic E-state index is -0.771. The number of halogens is 1. The van der Waals surface area contributed by atoms with Gasteiger partial charge in [0, 0.05) is 16.7 Å². The van der Waals surface area contributed by atoms with Gasteiger partial charge in [-0.1, -0.05) is 42.5 Å². The fourth-order valence-electron chi connectivity index (χ4n) is 1.96. The lowest BCUT2D eigenvalue weighted by molar-refractivity contribution is -0.117. The molecule has 0 heterocycles. The molecule has 0 spiro atoms. The lowest BCUT2D eigenvalue weighted by Gasteiger charge is -2.02. The molecule has 4 nitrogen and oxygen atoms in total. The third kappa shape index (κ3) is 4.44. The summed E-state index contributed by atoms with van der Waals surface area (Å²) in [5.74, 6) is -2.23. The van der Waals surface area contributed by atoms with Crippen LogP contribution in [0.25, 0.3) is 6.08 Å². The number of carbonyl (C=O) groups is 3. The van der Waals surface area contributed by atoms with Gasteiger partial charge in [-0.2, -0.15) is 0 Å². The first-order chi connectivity index (χ1) is 11.0. The molecule has 2 aromatic carbocycles. The number of benzene rings is 2. The molecule has 1 amide bonds. The summed E-state index contributed by atoms with van der Waals surface area (Å²) < 4.78 is 14.0. The molecule has 0 fully saturated rings. The van der Waals surface area contributed by atoms with Gasteiger partial charge < -0.3 is 5.73 Å². The number of hydrogen-bond acceptors (Lipinski definition) is 3. The van der Waals surface area contributed by atoms with Gasteiger partial charge in [-0.05, 0) is 18.2 Å². The van der Waals surface area contributed by atoms with Crippen molar-refractivity contribution in [2.45, 2.75) is 6.42 Å². The van der Waals surface area contributed by atoms with Gasteiger partial charge in [-0.15, -0.1) is 0 Å². The maximum atomic E-state index is 14.0. The Kier molecular flexibility index (Phi) is 5.15. The van der Waals surface area contributed by atoms with Gasteiger partial charge >= 0.3 is 0 Å². The average Bonchev–Trinajstić information content (AvgIpc) is 2.53. The molecule has 0 aliphatic heterocycles. The summed E-state index contributed by atoms with van der Waals surface area (Å²) in [5.41, 5.74) is 5.66. The molecule has 0 saturated heterocycles. The second-order valence-corrected chi connectivity index (χ2v) is 4.87. The first-order valence-corrected chi connectivity index (χ1v) is 6.86. The van der Waals surface area contributed by atoms with Crippen molar-refractivity contribution in [3.8, 4) is 0 Å². The topological polar surface area (TPSA) is 77.2 Å². The van der Waals surface area contributed by atoms with E-state index in [4.69, 9.17) is 5.73 Å². The lowest BCUT2D eigenvalue weighted by Crippen LogP contribution is -2.16. The summed E-state index contributed by atoms with van der Waals surface area (Å²) in [6.45, 7) is 0. The first-order valence-electron chi connectivity index (χ1n) is 6.86. The quantitative estimate of drug-likeness (QED) is 0.506. The monoisotopic (exact) mass is 311 g/mol. The van der Waals surface area contributed by atoms with Crippen LogP contribution in [0.4, 0.5) is 4.39 Å². The number of primary amides is 1. The molecule has 2 aromatic rings. The van der Waals surface area contributed by atoms with Crippen molar-refractivity contribution in [1.29, 1.82) is 0 Å². The van der Waals surface area contributed by atoms with Crippen molar-refractivity contribution in [2.24, 2.45) is 5.73 Å². The van der Waals surface area contributed by atoms with Crippen LogP contribution in [0.5, 0.6) is 0 Å². The Morgan fingerprint density at radius 2 is 1.70 bits per heavy atom. The van der Waals surface area contributed by atoms with Gasteiger partial charge in [0.25, 0.3) is 0 Å². The van der Waals surface area contributed by atoms with E-state index in [1.54, 1.807) is 30.3 Å². The van der Waals surface area contributed by atoms with Crippen LogP contribution in [-0.2, 0) is 4.79 Å². The molecule has 0 saturated carbocycles. The van der Waals surface area contributed by atoms with Crippen LogP contribution in [0.3, 0.4) is 0 Å². The van der Waals surface area contributed by atoms with Crippen molar-refractivity contribution in [1.82, 2.24) is 0 Å². The standard InChI is InChI=1S/C18H14FNO3/c19-15-10-14(17(22)11-18(20)23)7-6-12(15)8-9-16(21)13-4-2-1-3-5-13/h1-10H,11H2,(H2,20,23). The minimum absolute atomic E-state index is 0.0628. The molecule has 2 rings (SSSR count). The van der Waals surface area contributed by atoms with Crippen molar-refractivity contribution in [2.75, 3.05) is 0 Å². The smallest absolute Gasteiger partial charge is 0.225 e. The fraction of sp³-hybridized carbons (Fsp3) is 0.0556. The van der Waals surface area contributed by atoms with Crippen molar-refractivity contribution < 1.29 is 18.8 Å². The van der Waals surface area contributed by atoms with E-state index >= 15 is 0 Å². The largest absolute Gasteiger partial charge is 0.369 e. The maximum absolute atomic E-state index is 14.0. The molecule has 0 aromatic heterocycles. The number of amides is 1. The highest BCUT2D eigenvalue weighted by Crippen LogP contribution is 2.14. The molecule has 116 valence electrons. The van der Waals surface area contributed by atoms with Crippen molar-refractivity contribution in [3.63, 3.8) is 0 Å². The van der Waals surface area contributed by atoms with Gasteiger partial charge in [-0.3, -0.25) is 14.4 Å². The molecule has 0 radical (unpaired) electrons. The van der Waals surface area contributed by atoms with Gasteiger partial charge in [-0.25, -0.2) is 4.39 Å². The lowest BCUT2D eigenvalue weighted by atomic mass is 10.0. The molecular weight excluding hydrogens is 297 g/mol. The molecule has 0 bridgehead atoms. The van der Waals surface area contributed by atoms with E-state index in [1.165, 1.54) is 24.3 Å². The van der Waals surface area contributed by atoms with Crippen LogP contribution >= 0.6 is 0 Å². The van der Waals surface area contributed by atoms with Crippen molar-refractivity contribution >= 4 is 23.5 Å². The number of hydrogen-bond donors (Lipinski definition) is 1. The Hall–Kier alpha value is -3.08. The van der Waals surface area contributed by atoms with E-state index in [1.807, 2.05) is 0 Å². The van der Waals surface area contributed by atoms with E-state index < -0.39 is 23.9 Å². The summed E-state index contributed by atoms with van der Waals surface area (Å²) in [7, 11) is 0. The highest BCUT2D eigenvalue weighted by molar-refractivity contribution is 6.08. The number of Topliss-reactive ketones (excluding diaryl/α,β-unsaturated/α-hetero) is 1. The highest BCUT2D eigenvalue weighted by atomic mass is 19.1. The zero-order chi connectivity index (χ0) is 16.8. The summed E-state index contributed by atoms with van der Waals surface area (Å²) in [6, 6.07) is 12.4. The van der Waals surface area contributed by atoms with Crippen LogP contribution in [0.2, 0.25) is 0 Å². The summed E-state index contributed by atoms with van der Waals surface area (Å²) in [6.07, 6.45) is 2.13. The predicted molar refractivity (Wildman–Crippen MR) is 84.3 cm³/mol. The van der Waals surface area contributed by atoms with Crippen LogP contribution in [-0.4, -0.2) is 17.5 Å². The Morgan fingerprint density at radius 1 is 1.00 bits per heavy atom. The van der Waals surface area contributed by atoms with E-state index in [0.29, 0.717) is 5.56 Å². The molecule has 23 heavy (non-hydrogen) atoms. The van der Waals surface area contributed by atoms with Gasteiger partial charge in [0.2, 0.25) is 5.91 Å². The number of carbonyl (C=O) groups excluding carboxylic acids is 3. The molecule has 5 heteroatoms. The molecule has 0 unspecified atom stereocenters.